The summed E-state index contributed by atoms with van der Waals surface area (Å²) in [6.07, 6.45) is -0.0634. The average molecular weight is 171 g/mol. The minimum absolute atomic E-state index is 0.0634. The Morgan fingerprint density at radius 3 is 2.10 bits per heavy atom. The van der Waals surface area contributed by atoms with Crippen molar-refractivity contribution < 1.29 is 23.9 Å². The molecule has 0 spiro atoms. The van der Waals surface area contributed by atoms with Crippen LogP contribution in [0.5, 0.6) is 0 Å². The molecule has 0 aliphatic heterocycles. The Kier molecular flexibility index (Phi) is 4.28. The van der Waals surface area contributed by atoms with E-state index >= 15 is 0 Å². The summed E-state index contributed by atoms with van der Waals surface area (Å²) in [7, 11) is -4.10. The number of ether oxygens (including phenoxy) is 1. The summed E-state index contributed by atoms with van der Waals surface area (Å²) < 4.78 is 8.84. The molecular formula is C4H12O5P+. The van der Waals surface area contributed by atoms with E-state index in [1.165, 1.54) is 0 Å². The smallest absolute Gasteiger partial charge is 0.348 e. The summed E-state index contributed by atoms with van der Waals surface area (Å²) in [5.41, 5.74) is 0. The van der Waals surface area contributed by atoms with Crippen LogP contribution in [-0.4, -0.2) is 27.6 Å². The van der Waals surface area contributed by atoms with Gasteiger partial charge in [0.15, 0.2) is 6.79 Å². The highest BCUT2D eigenvalue weighted by Gasteiger charge is 2.32. The van der Waals surface area contributed by atoms with Crippen LogP contribution in [0.3, 0.4) is 0 Å². The average Bonchev–Trinajstić information content (AvgIpc) is 1.59. The molecule has 0 rings (SSSR count). The maximum Gasteiger partial charge on any atom is 0.569 e. The molecule has 6 heteroatoms. The third-order valence-corrected chi connectivity index (χ3v) is 1.08. The Hall–Kier alpha value is 0.230. The van der Waals surface area contributed by atoms with Crippen LogP contribution >= 0.6 is 8.17 Å². The van der Waals surface area contributed by atoms with E-state index in [0.29, 0.717) is 0 Å². The van der Waals surface area contributed by atoms with Crippen molar-refractivity contribution in [3.8, 4) is 0 Å². The monoisotopic (exact) mass is 171 g/mol. The van der Waals surface area contributed by atoms with E-state index in [1.54, 1.807) is 13.8 Å². The normalized spacial score (nSPS) is 12.6. The zero-order chi connectivity index (χ0) is 8.20. The number of rotatable bonds is 4. The van der Waals surface area contributed by atoms with Crippen molar-refractivity contribution in [1.29, 1.82) is 0 Å². The molecule has 5 nitrogen and oxygen atoms in total. The predicted molar refractivity (Wildman–Crippen MR) is 35.7 cm³/mol. The molecule has 0 aliphatic rings. The van der Waals surface area contributed by atoms with Crippen LogP contribution < -0.4 is 0 Å². The van der Waals surface area contributed by atoms with Gasteiger partial charge < -0.3 is 4.74 Å². The van der Waals surface area contributed by atoms with Gasteiger partial charge in [-0.1, -0.05) is 0 Å². The van der Waals surface area contributed by atoms with Crippen LogP contribution in [0.25, 0.3) is 0 Å². The Balaban J connectivity index is 3.21. The second-order valence-electron chi connectivity index (χ2n) is 1.98. The van der Waals surface area contributed by atoms with Gasteiger partial charge in [-0.15, -0.1) is 4.52 Å². The van der Waals surface area contributed by atoms with Crippen molar-refractivity contribution in [2.45, 2.75) is 20.0 Å². The fraction of sp³-hybridized carbons (Fsp3) is 1.00. The van der Waals surface area contributed by atoms with Crippen molar-refractivity contribution in [2.24, 2.45) is 0 Å². The van der Waals surface area contributed by atoms with Gasteiger partial charge >= 0.3 is 8.17 Å². The predicted octanol–water partition coefficient (Wildman–Crippen LogP) is 0.0400. The van der Waals surface area contributed by atoms with Crippen LogP contribution in [0.2, 0.25) is 0 Å². The lowest BCUT2D eigenvalue weighted by molar-refractivity contribution is -0.0399. The largest absolute Gasteiger partial charge is 0.569 e. The van der Waals surface area contributed by atoms with Gasteiger partial charge in [-0.05, 0) is 13.8 Å². The molecule has 0 aromatic carbocycles. The Morgan fingerprint density at radius 2 is 1.80 bits per heavy atom. The van der Waals surface area contributed by atoms with Crippen LogP contribution in [0.15, 0.2) is 0 Å². The molecule has 0 unspecified atom stereocenters. The molecular weight excluding hydrogens is 159 g/mol. The first-order valence-electron chi connectivity index (χ1n) is 2.75. The maximum atomic E-state index is 8.25. The molecule has 3 N–H and O–H groups in total. The zero-order valence-corrected chi connectivity index (χ0v) is 6.78. The summed E-state index contributed by atoms with van der Waals surface area (Å²) in [4.78, 5) is 24.8. The Bertz CT molecular complexity index is 88.1. The Morgan fingerprint density at radius 1 is 1.30 bits per heavy atom. The van der Waals surface area contributed by atoms with Gasteiger partial charge in [0.2, 0.25) is 0 Å². The molecule has 0 aliphatic carbocycles. The SMILES string of the molecule is CC(C)OCO[P+](O)(O)O. The highest BCUT2D eigenvalue weighted by Crippen LogP contribution is 2.45. The van der Waals surface area contributed by atoms with Crippen molar-refractivity contribution in [1.82, 2.24) is 0 Å². The third kappa shape index (κ3) is 8.23. The third-order valence-electron chi connectivity index (χ3n) is 0.627. The minimum atomic E-state index is -4.10. The fourth-order valence-corrected chi connectivity index (χ4v) is 0.440. The second-order valence-corrected chi connectivity index (χ2v) is 3.26. The zero-order valence-electron chi connectivity index (χ0n) is 5.89. The quantitative estimate of drug-likeness (QED) is 0.411. The molecule has 0 amide bonds. The molecule has 0 aromatic rings. The molecule has 0 aromatic heterocycles. The molecule has 0 atom stereocenters. The van der Waals surface area contributed by atoms with E-state index in [4.69, 9.17) is 19.4 Å². The first-order chi connectivity index (χ1) is 4.42. The van der Waals surface area contributed by atoms with E-state index < -0.39 is 8.17 Å². The highest BCUT2D eigenvalue weighted by molar-refractivity contribution is 7.53. The van der Waals surface area contributed by atoms with Gasteiger partial charge in [0.05, 0.1) is 6.10 Å². The van der Waals surface area contributed by atoms with E-state index in [1.807, 2.05) is 0 Å². The van der Waals surface area contributed by atoms with Crippen molar-refractivity contribution >= 4 is 8.17 Å². The first-order valence-corrected chi connectivity index (χ1v) is 4.32. The lowest BCUT2D eigenvalue weighted by Gasteiger charge is -2.06. The minimum Gasteiger partial charge on any atom is -0.348 e. The van der Waals surface area contributed by atoms with Gasteiger partial charge in [0.1, 0.15) is 0 Å². The topological polar surface area (TPSA) is 79.2 Å². The first kappa shape index (κ1) is 10.2. The molecule has 0 fully saturated rings. The summed E-state index contributed by atoms with van der Waals surface area (Å²) in [6.45, 7) is 3.21. The molecule has 0 saturated heterocycles. The fourth-order valence-electron chi connectivity index (χ4n) is 0.237. The van der Waals surface area contributed by atoms with Crippen LogP contribution in [0.1, 0.15) is 13.8 Å². The summed E-state index contributed by atoms with van der Waals surface area (Å²) in [6, 6.07) is 0. The van der Waals surface area contributed by atoms with Gasteiger partial charge in [-0.3, -0.25) is 0 Å². The molecule has 0 bridgehead atoms. The second kappa shape index (κ2) is 4.18. The lowest BCUT2D eigenvalue weighted by Crippen LogP contribution is -2.07. The number of hydrogen-bond donors (Lipinski definition) is 3. The van der Waals surface area contributed by atoms with Gasteiger partial charge in [-0.2, -0.15) is 14.7 Å². The maximum absolute atomic E-state index is 8.25. The highest BCUT2D eigenvalue weighted by atomic mass is 31.2. The van der Waals surface area contributed by atoms with Crippen molar-refractivity contribution in [3.63, 3.8) is 0 Å². The van der Waals surface area contributed by atoms with E-state index in [0.717, 1.165) is 0 Å². The van der Waals surface area contributed by atoms with Crippen LogP contribution in [0, 0.1) is 0 Å². The summed E-state index contributed by atoms with van der Waals surface area (Å²) in [5.74, 6) is 0. The molecule has 0 heterocycles. The lowest BCUT2D eigenvalue weighted by atomic mass is 10.5. The van der Waals surface area contributed by atoms with E-state index in [9.17, 15) is 0 Å². The summed E-state index contributed by atoms with van der Waals surface area (Å²) >= 11 is 0. The van der Waals surface area contributed by atoms with Crippen molar-refractivity contribution in [3.05, 3.63) is 0 Å². The van der Waals surface area contributed by atoms with Crippen molar-refractivity contribution in [2.75, 3.05) is 6.79 Å². The standard InChI is InChI=1S/C4H12O5P/c1-4(2)8-3-9-10(5,6)7/h4-7H,3H2,1-2H3/q+1. The van der Waals surface area contributed by atoms with Gasteiger partial charge in [0, 0.05) is 0 Å². The molecule has 62 valence electrons. The Labute approximate surface area is 59.9 Å². The molecule has 0 saturated carbocycles. The molecule has 10 heavy (non-hydrogen) atoms. The van der Waals surface area contributed by atoms with E-state index in [2.05, 4.69) is 4.52 Å². The van der Waals surface area contributed by atoms with Crippen LogP contribution in [-0.2, 0) is 9.26 Å². The van der Waals surface area contributed by atoms with Crippen LogP contribution in [0.4, 0.5) is 0 Å². The number of hydrogen-bond acceptors (Lipinski definition) is 5. The molecule has 0 radical (unpaired) electrons. The van der Waals surface area contributed by atoms with Gasteiger partial charge in [0.25, 0.3) is 0 Å². The summed E-state index contributed by atoms with van der Waals surface area (Å²) in [5, 5.41) is 0. The van der Waals surface area contributed by atoms with Gasteiger partial charge in [-0.25, -0.2) is 0 Å². The van der Waals surface area contributed by atoms with E-state index in [-0.39, 0.29) is 12.9 Å².